The largest absolute Gasteiger partial charge is 0.493 e. The first kappa shape index (κ1) is 23.5. The van der Waals surface area contributed by atoms with Gasteiger partial charge < -0.3 is 14.4 Å². The van der Waals surface area contributed by atoms with Crippen molar-refractivity contribution < 1.29 is 31.6 Å². The summed E-state index contributed by atoms with van der Waals surface area (Å²) in [5, 5.41) is 1.49. The Morgan fingerprint density at radius 3 is 2.27 bits per heavy atom. The van der Waals surface area contributed by atoms with Crippen LogP contribution < -0.4 is 9.47 Å². The molecule has 0 aliphatic heterocycles. The first-order chi connectivity index (χ1) is 14.2. The number of methoxy groups -OCH3 is 2. The van der Waals surface area contributed by atoms with Crippen molar-refractivity contribution in [1.29, 1.82) is 0 Å². The van der Waals surface area contributed by atoms with Gasteiger partial charge in [-0.15, -0.1) is 0 Å². The van der Waals surface area contributed by atoms with Crippen LogP contribution in [0.1, 0.15) is 11.1 Å². The van der Waals surface area contributed by atoms with Crippen LogP contribution in [0.5, 0.6) is 11.5 Å². The predicted octanol–water partition coefficient (Wildman–Crippen LogP) is 4.05. The second-order valence-electron chi connectivity index (χ2n) is 6.29. The van der Waals surface area contributed by atoms with E-state index in [-0.39, 0.29) is 13.0 Å². The second-order valence-corrected chi connectivity index (χ2v) is 7.63. The molecule has 5 nitrogen and oxygen atoms in total. The highest BCUT2D eigenvalue weighted by Gasteiger charge is 2.41. The zero-order valence-corrected chi connectivity index (χ0v) is 17.5. The minimum Gasteiger partial charge on any atom is -0.493 e. The normalized spacial score (nSPS) is 12.6. The second kappa shape index (κ2) is 10.3. The maximum absolute atomic E-state index is 12.6. The molecular weight excluding hydrogens is 419 g/mol. The number of amides is 1. The van der Waals surface area contributed by atoms with Gasteiger partial charge in [-0.25, -0.2) is 4.21 Å². The molecule has 0 fully saturated rings. The number of alkyl halides is 3. The van der Waals surface area contributed by atoms with E-state index in [2.05, 4.69) is 0 Å². The van der Waals surface area contributed by atoms with E-state index in [9.17, 15) is 22.2 Å². The van der Waals surface area contributed by atoms with Crippen LogP contribution in [-0.2, 0) is 22.0 Å². The molecule has 2 aromatic rings. The molecule has 0 aliphatic rings. The highest BCUT2D eigenvalue weighted by molar-refractivity contribution is 7.88. The standard InChI is InChI=1S/C21H22F3NO4S/c1-25(20(26)21(22,23)24)11-9-15-13-18(28-2)19(29-3)14-16(15)10-12-30(27)17-7-5-4-6-8-17/h4-8,10,12-14H,9,11H2,1-3H3/b12-10+/t30-/m1/s1. The summed E-state index contributed by atoms with van der Waals surface area (Å²) in [7, 11) is 2.59. The van der Waals surface area contributed by atoms with Crippen molar-refractivity contribution in [3.05, 3.63) is 59.0 Å². The average molecular weight is 441 g/mol. The zero-order valence-electron chi connectivity index (χ0n) is 16.7. The minimum atomic E-state index is -4.93. The molecule has 1 atom stereocenters. The quantitative estimate of drug-likeness (QED) is 0.620. The minimum absolute atomic E-state index is 0.135. The Morgan fingerprint density at radius 1 is 1.10 bits per heavy atom. The van der Waals surface area contributed by atoms with E-state index >= 15 is 0 Å². The molecule has 0 aromatic heterocycles. The fourth-order valence-electron chi connectivity index (χ4n) is 2.68. The predicted molar refractivity (Wildman–Crippen MR) is 109 cm³/mol. The Labute approximate surface area is 175 Å². The van der Waals surface area contributed by atoms with Crippen molar-refractivity contribution in [2.75, 3.05) is 27.8 Å². The Morgan fingerprint density at radius 2 is 1.70 bits per heavy atom. The molecule has 162 valence electrons. The van der Waals surface area contributed by atoms with E-state index in [1.807, 2.05) is 6.07 Å². The lowest BCUT2D eigenvalue weighted by molar-refractivity contribution is -0.184. The van der Waals surface area contributed by atoms with Crippen LogP contribution in [0.4, 0.5) is 13.2 Å². The molecular formula is C21H22F3NO4S. The zero-order chi connectivity index (χ0) is 22.3. The van der Waals surface area contributed by atoms with Gasteiger partial charge in [-0.05, 0) is 47.9 Å². The van der Waals surface area contributed by atoms with Crippen LogP contribution in [0, 0.1) is 0 Å². The van der Waals surface area contributed by atoms with Crippen LogP contribution in [0.15, 0.2) is 52.8 Å². The van der Waals surface area contributed by atoms with Gasteiger partial charge in [0.25, 0.3) is 0 Å². The topological polar surface area (TPSA) is 55.8 Å². The van der Waals surface area contributed by atoms with Crippen molar-refractivity contribution >= 4 is 22.8 Å². The summed E-state index contributed by atoms with van der Waals surface area (Å²) >= 11 is 0. The van der Waals surface area contributed by atoms with E-state index in [4.69, 9.17) is 9.47 Å². The van der Waals surface area contributed by atoms with E-state index in [0.717, 1.165) is 7.05 Å². The van der Waals surface area contributed by atoms with E-state index < -0.39 is 22.9 Å². The molecule has 0 saturated carbocycles. The molecule has 0 saturated heterocycles. The van der Waals surface area contributed by atoms with E-state index in [1.54, 1.807) is 42.5 Å². The molecule has 30 heavy (non-hydrogen) atoms. The third-order valence-corrected chi connectivity index (χ3v) is 5.42. The highest BCUT2D eigenvalue weighted by Crippen LogP contribution is 2.32. The SMILES string of the molecule is COc1cc(/C=C/[S@@](=O)c2ccccc2)c(CCN(C)C(=O)C(F)(F)F)cc1OC. The average Bonchev–Trinajstić information content (AvgIpc) is 2.74. The molecule has 0 unspecified atom stereocenters. The van der Waals surface area contributed by atoms with Crippen LogP contribution in [0.3, 0.4) is 0 Å². The molecule has 0 radical (unpaired) electrons. The molecule has 9 heteroatoms. The monoisotopic (exact) mass is 441 g/mol. The number of likely N-dealkylation sites (N-methyl/N-ethyl adjacent to an activating group) is 1. The Kier molecular flexibility index (Phi) is 8.05. The van der Waals surface area contributed by atoms with Crippen molar-refractivity contribution in [3.8, 4) is 11.5 Å². The molecule has 2 rings (SSSR count). The summed E-state index contributed by atoms with van der Waals surface area (Å²) in [6, 6.07) is 12.1. The van der Waals surface area contributed by atoms with Gasteiger partial charge in [0.15, 0.2) is 11.5 Å². The number of carbonyl (C=O) groups is 1. The Bertz CT molecular complexity index is 930. The first-order valence-electron chi connectivity index (χ1n) is 8.88. The Hall–Kier alpha value is -2.81. The smallest absolute Gasteiger partial charge is 0.471 e. The van der Waals surface area contributed by atoms with Crippen molar-refractivity contribution in [3.63, 3.8) is 0 Å². The first-order valence-corrected chi connectivity index (χ1v) is 10.1. The lowest BCUT2D eigenvalue weighted by Gasteiger charge is -2.20. The Balaban J connectivity index is 2.30. The van der Waals surface area contributed by atoms with Gasteiger partial charge in [-0.1, -0.05) is 18.2 Å². The number of carbonyl (C=O) groups excluding carboxylic acids is 1. The van der Waals surface area contributed by atoms with Gasteiger partial charge in [0.2, 0.25) is 0 Å². The molecule has 0 N–H and O–H groups in total. The molecule has 0 spiro atoms. The van der Waals surface area contributed by atoms with Crippen molar-refractivity contribution in [1.82, 2.24) is 4.90 Å². The highest BCUT2D eigenvalue weighted by atomic mass is 32.2. The number of nitrogens with zero attached hydrogens (tertiary/aromatic N) is 1. The van der Waals surface area contributed by atoms with Gasteiger partial charge in [0.05, 0.1) is 25.0 Å². The number of ether oxygens (including phenoxy) is 2. The lowest BCUT2D eigenvalue weighted by Crippen LogP contribution is -2.39. The third-order valence-electron chi connectivity index (χ3n) is 4.30. The number of benzene rings is 2. The maximum Gasteiger partial charge on any atom is 0.471 e. The molecule has 0 heterocycles. The maximum atomic E-state index is 12.6. The lowest BCUT2D eigenvalue weighted by atomic mass is 10.0. The molecule has 2 aromatic carbocycles. The van der Waals surface area contributed by atoms with Crippen LogP contribution in [0.2, 0.25) is 0 Å². The van der Waals surface area contributed by atoms with Crippen LogP contribution in [0.25, 0.3) is 6.08 Å². The fraction of sp³-hybridized carbons (Fsp3) is 0.286. The number of hydrogen-bond acceptors (Lipinski definition) is 4. The molecule has 0 aliphatic carbocycles. The summed E-state index contributed by atoms with van der Waals surface area (Å²) in [4.78, 5) is 12.6. The number of hydrogen-bond donors (Lipinski definition) is 0. The van der Waals surface area contributed by atoms with E-state index in [0.29, 0.717) is 32.4 Å². The third kappa shape index (κ3) is 6.09. The van der Waals surface area contributed by atoms with Crippen molar-refractivity contribution in [2.45, 2.75) is 17.5 Å². The van der Waals surface area contributed by atoms with Crippen molar-refractivity contribution in [2.24, 2.45) is 0 Å². The summed E-state index contributed by atoms with van der Waals surface area (Å²) in [5.41, 5.74) is 1.22. The van der Waals surface area contributed by atoms with Gasteiger partial charge in [-0.2, -0.15) is 13.2 Å². The molecule has 1 amide bonds. The van der Waals surface area contributed by atoms with E-state index in [1.165, 1.54) is 19.6 Å². The summed E-state index contributed by atoms with van der Waals surface area (Å²) in [6.45, 7) is -0.156. The summed E-state index contributed by atoms with van der Waals surface area (Å²) in [6.07, 6.45) is -3.18. The number of halogens is 3. The van der Waals surface area contributed by atoms with Crippen LogP contribution >= 0.6 is 0 Å². The van der Waals surface area contributed by atoms with Gasteiger partial charge in [0, 0.05) is 23.9 Å². The number of rotatable bonds is 8. The summed E-state index contributed by atoms with van der Waals surface area (Å²) < 4.78 is 60.9. The van der Waals surface area contributed by atoms with Gasteiger partial charge in [-0.3, -0.25) is 4.79 Å². The van der Waals surface area contributed by atoms with Gasteiger partial charge in [0.1, 0.15) is 0 Å². The summed E-state index contributed by atoms with van der Waals surface area (Å²) in [5.74, 6) is -1.09. The molecule has 0 bridgehead atoms. The fourth-order valence-corrected chi connectivity index (χ4v) is 3.54. The van der Waals surface area contributed by atoms with Gasteiger partial charge >= 0.3 is 12.1 Å². The van der Waals surface area contributed by atoms with Crippen LogP contribution in [-0.4, -0.2) is 49.0 Å².